The van der Waals surface area contributed by atoms with E-state index in [0.29, 0.717) is 12.3 Å². The summed E-state index contributed by atoms with van der Waals surface area (Å²) in [4.78, 5) is 13.7. The fourth-order valence-electron chi connectivity index (χ4n) is 3.87. The van der Waals surface area contributed by atoms with Crippen molar-refractivity contribution in [1.82, 2.24) is 14.5 Å². The molecule has 0 atom stereocenters. The number of hydrogen-bond acceptors (Lipinski definition) is 3. The summed E-state index contributed by atoms with van der Waals surface area (Å²) in [7, 11) is -0.548. The van der Waals surface area contributed by atoms with Gasteiger partial charge in [-0.1, -0.05) is 76.2 Å². The van der Waals surface area contributed by atoms with Gasteiger partial charge in [0, 0.05) is 22.9 Å². The average Bonchev–Trinajstić information content (AvgIpc) is 3.37. The summed E-state index contributed by atoms with van der Waals surface area (Å²) in [6, 6.07) is 24.1. The van der Waals surface area contributed by atoms with Crippen molar-refractivity contribution in [3.63, 3.8) is 0 Å². The highest BCUT2D eigenvalue weighted by Crippen LogP contribution is 2.38. The Morgan fingerprint density at radius 2 is 1.89 bits per heavy atom. The number of rotatable bonds is 9. The summed E-state index contributed by atoms with van der Waals surface area (Å²) < 4.78 is 11.2. The fraction of sp³-hybridized carbons (Fsp3) is 0.103. The van der Waals surface area contributed by atoms with Crippen LogP contribution in [0.25, 0.3) is 6.08 Å². The number of carbonyl (C=O) groups is 1. The molecule has 1 amide bonds. The molecule has 0 spiro atoms. The van der Waals surface area contributed by atoms with Gasteiger partial charge in [-0.15, -0.1) is 9.39 Å². The third-order valence-electron chi connectivity index (χ3n) is 5.61. The molecule has 0 saturated carbocycles. The summed E-state index contributed by atoms with van der Waals surface area (Å²) in [5, 5.41) is 4.31. The Bertz CT molecular complexity index is 1480. The van der Waals surface area contributed by atoms with E-state index in [9.17, 15) is 4.79 Å². The van der Waals surface area contributed by atoms with Gasteiger partial charge >= 0.3 is 0 Å². The molecule has 0 aliphatic rings. The van der Waals surface area contributed by atoms with Crippen LogP contribution in [-0.4, -0.2) is 34.5 Å². The zero-order valence-electron chi connectivity index (χ0n) is 20.1. The van der Waals surface area contributed by atoms with Crippen molar-refractivity contribution < 1.29 is 9.53 Å². The van der Waals surface area contributed by atoms with E-state index in [1.165, 1.54) is 5.56 Å². The maximum absolute atomic E-state index is 12.9. The van der Waals surface area contributed by atoms with Crippen LogP contribution >= 0.6 is 25.3 Å². The predicted octanol–water partition coefficient (Wildman–Crippen LogP) is 6.07. The number of nitrogens with one attached hydrogen (secondary N) is 1. The van der Waals surface area contributed by atoms with Crippen LogP contribution in [0.2, 0.25) is 0 Å². The standard InChI is InChI=1S/C29H28BrN3O2S/c1-35-27-14-13-26(30)20-28(27)36(2,3)32-29(34)15-12-24-11-10-23(21-33-17-7-16-31-33)19-25(24)18-22-8-5-4-6-9-22/h4-17,19-20H,2-3,18,21H2,1H3,(H,32,34)/b15-12+. The van der Waals surface area contributed by atoms with Gasteiger partial charge in [-0.3, -0.25) is 9.48 Å². The quantitative estimate of drug-likeness (QED) is 0.199. The van der Waals surface area contributed by atoms with E-state index in [2.05, 4.69) is 61.8 Å². The molecule has 7 heteroatoms. The largest absolute Gasteiger partial charge is 0.496 e. The van der Waals surface area contributed by atoms with Gasteiger partial charge in [0.2, 0.25) is 0 Å². The molecule has 0 bridgehead atoms. The highest BCUT2D eigenvalue weighted by molar-refractivity contribution is 9.10. The van der Waals surface area contributed by atoms with E-state index in [1.54, 1.807) is 19.4 Å². The Morgan fingerprint density at radius 3 is 2.61 bits per heavy atom. The molecule has 0 aliphatic heterocycles. The third-order valence-corrected chi connectivity index (χ3v) is 7.85. The molecule has 5 nitrogen and oxygen atoms in total. The second kappa shape index (κ2) is 11.5. The minimum atomic E-state index is -2.14. The van der Waals surface area contributed by atoms with Crippen molar-refractivity contribution in [3.05, 3.63) is 118 Å². The van der Waals surface area contributed by atoms with Gasteiger partial charge in [0.05, 0.1) is 18.6 Å². The Balaban J connectivity index is 1.57. The lowest BCUT2D eigenvalue weighted by Crippen LogP contribution is -2.17. The first kappa shape index (κ1) is 25.5. The molecular weight excluding hydrogens is 534 g/mol. The number of nitrogens with zero attached hydrogens (tertiary/aromatic N) is 2. The SMILES string of the molecule is C=S(=C)(NC(=O)/C=C/c1ccc(Cn2cccn2)cc1Cc1ccccc1)c1cc(Br)ccc1OC. The van der Waals surface area contributed by atoms with Gasteiger partial charge in [-0.2, -0.15) is 5.10 Å². The molecule has 0 radical (unpaired) electrons. The first-order valence-electron chi connectivity index (χ1n) is 11.3. The van der Waals surface area contributed by atoms with Crippen molar-refractivity contribution in [2.75, 3.05) is 7.11 Å². The van der Waals surface area contributed by atoms with Crippen molar-refractivity contribution >= 4 is 49.0 Å². The Morgan fingerprint density at radius 1 is 1.08 bits per heavy atom. The molecule has 3 aromatic carbocycles. The van der Waals surface area contributed by atoms with Gasteiger partial charge in [0.15, 0.2) is 0 Å². The second-order valence-electron chi connectivity index (χ2n) is 8.38. The maximum atomic E-state index is 12.9. The number of aromatic nitrogens is 2. The van der Waals surface area contributed by atoms with Gasteiger partial charge in [-0.25, -0.2) is 0 Å². The van der Waals surface area contributed by atoms with Crippen molar-refractivity contribution in [2.24, 2.45) is 0 Å². The number of halogens is 1. The van der Waals surface area contributed by atoms with Crippen LogP contribution in [0.3, 0.4) is 0 Å². The van der Waals surface area contributed by atoms with E-state index in [0.717, 1.165) is 32.5 Å². The monoisotopic (exact) mass is 561 g/mol. The molecule has 1 N–H and O–H groups in total. The molecule has 4 aromatic rings. The third kappa shape index (κ3) is 6.56. The zero-order chi connectivity index (χ0) is 25.5. The lowest BCUT2D eigenvalue weighted by atomic mass is 9.97. The molecular formula is C29H28BrN3O2S. The topological polar surface area (TPSA) is 56.2 Å². The summed E-state index contributed by atoms with van der Waals surface area (Å²) in [6.45, 7) is 0.683. The molecule has 184 valence electrons. The van der Waals surface area contributed by atoms with Crippen LogP contribution in [0.1, 0.15) is 22.3 Å². The zero-order valence-corrected chi connectivity index (χ0v) is 22.5. The van der Waals surface area contributed by atoms with Gasteiger partial charge in [0.1, 0.15) is 5.75 Å². The van der Waals surface area contributed by atoms with Gasteiger partial charge < -0.3 is 9.46 Å². The van der Waals surface area contributed by atoms with Crippen molar-refractivity contribution in [3.8, 4) is 5.75 Å². The molecule has 0 unspecified atom stereocenters. The summed E-state index contributed by atoms with van der Waals surface area (Å²) in [6.07, 6.45) is 7.86. The van der Waals surface area contributed by atoms with Gasteiger partial charge in [0.25, 0.3) is 5.91 Å². The number of ether oxygens (including phenoxy) is 1. The van der Waals surface area contributed by atoms with Crippen LogP contribution in [0.4, 0.5) is 0 Å². The highest BCUT2D eigenvalue weighted by Gasteiger charge is 2.12. The summed E-state index contributed by atoms with van der Waals surface area (Å²) >= 11 is 3.47. The van der Waals surface area contributed by atoms with E-state index < -0.39 is 9.39 Å². The molecule has 1 aromatic heterocycles. The van der Waals surface area contributed by atoms with E-state index in [4.69, 9.17) is 4.74 Å². The van der Waals surface area contributed by atoms with Crippen LogP contribution < -0.4 is 9.46 Å². The molecule has 0 fully saturated rings. The average molecular weight is 563 g/mol. The molecule has 0 saturated heterocycles. The first-order chi connectivity index (χ1) is 17.3. The van der Waals surface area contributed by atoms with E-state index >= 15 is 0 Å². The molecule has 0 aliphatic carbocycles. The van der Waals surface area contributed by atoms with Crippen LogP contribution in [-0.2, 0) is 17.8 Å². The number of benzene rings is 3. The minimum Gasteiger partial charge on any atom is -0.496 e. The number of carbonyl (C=O) groups excluding carboxylic acids is 1. The Kier molecular flexibility index (Phi) is 8.13. The Labute approximate surface area is 221 Å². The van der Waals surface area contributed by atoms with Gasteiger partial charge in [-0.05, 0) is 59.0 Å². The van der Waals surface area contributed by atoms with Crippen molar-refractivity contribution in [1.29, 1.82) is 0 Å². The first-order valence-corrected chi connectivity index (χ1v) is 14.1. The molecule has 1 heterocycles. The minimum absolute atomic E-state index is 0.261. The normalized spacial score (nSPS) is 11.5. The smallest absolute Gasteiger partial charge is 0.253 e. The lowest BCUT2D eigenvalue weighted by molar-refractivity contribution is -0.114. The maximum Gasteiger partial charge on any atom is 0.253 e. The Hall–Kier alpha value is -3.55. The fourth-order valence-corrected chi connectivity index (χ4v) is 5.84. The van der Waals surface area contributed by atoms with Crippen LogP contribution in [0.15, 0.2) is 101 Å². The van der Waals surface area contributed by atoms with E-state index in [-0.39, 0.29) is 5.91 Å². The van der Waals surface area contributed by atoms with Crippen molar-refractivity contribution in [2.45, 2.75) is 17.9 Å². The lowest BCUT2D eigenvalue weighted by Gasteiger charge is -2.19. The van der Waals surface area contributed by atoms with E-state index in [1.807, 2.05) is 65.5 Å². The number of amides is 1. The van der Waals surface area contributed by atoms with Crippen LogP contribution in [0, 0.1) is 0 Å². The predicted molar refractivity (Wildman–Crippen MR) is 155 cm³/mol. The second-order valence-corrected chi connectivity index (χ2v) is 11.7. The molecule has 4 rings (SSSR count). The summed E-state index contributed by atoms with van der Waals surface area (Å²) in [5.74, 6) is 8.78. The number of hydrogen-bond donors (Lipinski definition) is 1. The highest BCUT2D eigenvalue weighted by atomic mass is 79.9. The van der Waals surface area contributed by atoms with Crippen LogP contribution in [0.5, 0.6) is 5.75 Å². The summed E-state index contributed by atoms with van der Waals surface area (Å²) in [5.41, 5.74) is 4.46. The number of methoxy groups -OCH3 is 1. The molecule has 36 heavy (non-hydrogen) atoms.